The second-order valence-electron chi connectivity index (χ2n) is 5.54. The molecule has 2 aliphatic heterocycles. The van der Waals surface area contributed by atoms with Gasteiger partial charge in [0.1, 0.15) is 5.82 Å². The highest BCUT2D eigenvalue weighted by Gasteiger charge is 2.42. The van der Waals surface area contributed by atoms with Crippen LogP contribution in [0.15, 0.2) is 24.3 Å². The monoisotopic (exact) mass is 235 g/mol. The summed E-state index contributed by atoms with van der Waals surface area (Å²) in [4.78, 5) is 0. The molecule has 0 saturated carbocycles. The Labute approximate surface area is 101 Å². The summed E-state index contributed by atoms with van der Waals surface area (Å²) in [5.74, 6) is -0.202. The summed E-state index contributed by atoms with van der Waals surface area (Å²) in [5.41, 5.74) is -0.0875. The van der Waals surface area contributed by atoms with Gasteiger partial charge in [0.15, 0.2) is 0 Å². The molecule has 3 rings (SSSR count). The zero-order chi connectivity index (χ0) is 11.9. The van der Waals surface area contributed by atoms with Gasteiger partial charge in [-0.25, -0.2) is 4.39 Å². The summed E-state index contributed by atoms with van der Waals surface area (Å²) in [6, 6.07) is 7.61. The van der Waals surface area contributed by atoms with Crippen LogP contribution in [0.4, 0.5) is 4.39 Å². The van der Waals surface area contributed by atoms with Crippen molar-refractivity contribution in [2.24, 2.45) is 0 Å². The molecule has 3 heteroatoms. The molecule has 2 unspecified atom stereocenters. The minimum atomic E-state index is -0.723. The number of aliphatic hydroxyl groups is 1. The van der Waals surface area contributed by atoms with Crippen molar-refractivity contribution in [3.8, 4) is 0 Å². The summed E-state index contributed by atoms with van der Waals surface area (Å²) in [6.45, 7) is 0. The lowest BCUT2D eigenvalue weighted by molar-refractivity contribution is -0.00673. The third-order valence-electron chi connectivity index (χ3n) is 4.07. The summed E-state index contributed by atoms with van der Waals surface area (Å²) in [6.07, 6.45) is 4.22. The molecule has 0 radical (unpaired) electrons. The van der Waals surface area contributed by atoms with Crippen molar-refractivity contribution in [2.45, 2.75) is 49.8 Å². The van der Waals surface area contributed by atoms with Gasteiger partial charge < -0.3 is 10.4 Å². The predicted octanol–water partition coefficient (Wildman–Crippen LogP) is 2.01. The fourth-order valence-electron chi connectivity index (χ4n) is 3.37. The molecule has 0 amide bonds. The lowest BCUT2D eigenvalue weighted by Gasteiger charge is -2.37. The molecule has 1 aromatic carbocycles. The van der Waals surface area contributed by atoms with Crippen molar-refractivity contribution in [1.29, 1.82) is 0 Å². The van der Waals surface area contributed by atoms with Crippen LogP contribution in [-0.4, -0.2) is 22.8 Å². The fourth-order valence-corrected chi connectivity index (χ4v) is 3.37. The molecule has 0 aromatic heterocycles. The Morgan fingerprint density at radius 3 is 2.53 bits per heavy atom. The standard InChI is InChI=1S/C14H18FNO/c15-13-4-2-1-3-10(13)7-14(17)8-11-5-6-12(9-14)16-11/h1-4,11-12,16-17H,5-9H2. The molecule has 2 heterocycles. The Morgan fingerprint density at radius 1 is 1.24 bits per heavy atom. The van der Waals surface area contributed by atoms with E-state index in [0.717, 1.165) is 25.7 Å². The van der Waals surface area contributed by atoms with Crippen LogP contribution >= 0.6 is 0 Å². The van der Waals surface area contributed by atoms with Crippen LogP contribution < -0.4 is 5.32 Å². The maximum Gasteiger partial charge on any atom is 0.126 e. The van der Waals surface area contributed by atoms with E-state index in [4.69, 9.17) is 0 Å². The largest absolute Gasteiger partial charge is 0.389 e. The SMILES string of the molecule is OC1(Cc2ccccc2F)CC2CCC(C1)N2. The van der Waals surface area contributed by atoms with Gasteiger partial charge in [-0.3, -0.25) is 0 Å². The third-order valence-corrected chi connectivity index (χ3v) is 4.07. The average molecular weight is 235 g/mol. The third kappa shape index (κ3) is 2.22. The van der Waals surface area contributed by atoms with Crippen LogP contribution in [0.3, 0.4) is 0 Å². The fraction of sp³-hybridized carbons (Fsp3) is 0.571. The lowest BCUT2D eigenvalue weighted by atomic mass is 9.82. The summed E-state index contributed by atoms with van der Waals surface area (Å²) < 4.78 is 13.6. The molecule has 2 atom stereocenters. The van der Waals surface area contributed by atoms with Crippen LogP contribution in [-0.2, 0) is 6.42 Å². The molecule has 2 aliphatic rings. The maximum absolute atomic E-state index is 13.6. The number of halogens is 1. The number of fused-ring (bicyclic) bond motifs is 2. The molecule has 0 spiro atoms. The van der Waals surface area contributed by atoms with E-state index in [2.05, 4.69) is 5.32 Å². The van der Waals surface area contributed by atoms with Gasteiger partial charge in [0, 0.05) is 18.5 Å². The number of benzene rings is 1. The first-order valence-electron chi connectivity index (χ1n) is 6.36. The zero-order valence-corrected chi connectivity index (χ0v) is 9.82. The Balaban J connectivity index is 1.78. The number of hydrogen-bond acceptors (Lipinski definition) is 2. The minimum absolute atomic E-state index is 0.202. The van der Waals surface area contributed by atoms with Crippen LogP contribution in [0.5, 0.6) is 0 Å². The van der Waals surface area contributed by atoms with E-state index < -0.39 is 5.60 Å². The first kappa shape index (κ1) is 11.2. The predicted molar refractivity (Wildman–Crippen MR) is 64.2 cm³/mol. The highest BCUT2D eigenvalue weighted by molar-refractivity contribution is 5.20. The van der Waals surface area contributed by atoms with Gasteiger partial charge in [0.2, 0.25) is 0 Å². The van der Waals surface area contributed by atoms with Gasteiger partial charge in [-0.2, -0.15) is 0 Å². The van der Waals surface area contributed by atoms with E-state index in [1.165, 1.54) is 6.07 Å². The normalized spacial score (nSPS) is 36.1. The van der Waals surface area contributed by atoms with E-state index in [-0.39, 0.29) is 5.82 Å². The van der Waals surface area contributed by atoms with E-state index in [0.29, 0.717) is 24.1 Å². The maximum atomic E-state index is 13.6. The van der Waals surface area contributed by atoms with Crippen molar-refractivity contribution in [2.75, 3.05) is 0 Å². The van der Waals surface area contributed by atoms with E-state index >= 15 is 0 Å². The van der Waals surface area contributed by atoms with Gasteiger partial charge in [-0.1, -0.05) is 18.2 Å². The molecule has 2 saturated heterocycles. The Bertz CT molecular complexity index is 408. The molecule has 2 bridgehead atoms. The quantitative estimate of drug-likeness (QED) is 0.822. The average Bonchev–Trinajstić information content (AvgIpc) is 2.62. The molecular weight excluding hydrogens is 217 g/mol. The van der Waals surface area contributed by atoms with Crippen LogP contribution in [0, 0.1) is 5.82 Å². The van der Waals surface area contributed by atoms with Gasteiger partial charge in [-0.15, -0.1) is 0 Å². The van der Waals surface area contributed by atoms with Crippen molar-refractivity contribution in [3.63, 3.8) is 0 Å². The van der Waals surface area contributed by atoms with Crippen LogP contribution in [0.2, 0.25) is 0 Å². The molecule has 2 N–H and O–H groups in total. The van der Waals surface area contributed by atoms with Gasteiger partial charge in [-0.05, 0) is 37.3 Å². The van der Waals surface area contributed by atoms with Crippen molar-refractivity contribution >= 4 is 0 Å². The molecular formula is C14H18FNO. The summed E-state index contributed by atoms with van der Waals surface area (Å²) >= 11 is 0. The van der Waals surface area contributed by atoms with E-state index in [9.17, 15) is 9.50 Å². The first-order chi connectivity index (χ1) is 8.15. The molecule has 0 aliphatic carbocycles. The summed E-state index contributed by atoms with van der Waals surface area (Å²) in [5, 5.41) is 14.1. The van der Waals surface area contributed by atoms with Crippen molar-refractivity contribution < 1.29 is 9.50 Å². The van der Waals surface area contributed by atoms with Crippen LogP contribution in [0.1, 0.15) is 31.2 Å². The highest BCUT2D eigenvalue weighted by atomic mass is 19.1. The number of rotatable bonds is 2. The highest BCUT2D eigenvalue weighted by Crippen LogP contribution is 2.36. The van der Waals surface area contributed by atoms with E-state index in [1.807, 2.05) is 6.07 Å². The number of nitrogens with one attached hydrogen (secondary N) is 1. The van der Waals surface area contributed by atoms with E-state index in [1.54, 1.807) is 12.1 Å². The van der Waals surface area contributed by atoms with Gasteiger partial charge in [0.25, 0.3) is 0 Å². The summed E-state index contributed by atoms with van der Waals surface area (Å²) in [7, 11) is 0. The number of piperidine rings is 1. The molecule has 1 aromatic rings. The Kier molecular flexibility index (Phi) is 2.68. The number of hydrogen-bond donors (Lipinski definition) is 2. The topological polar surface area (TPSA) is 32.3 Å². The Morgan fingerprint density at radius 2 is 1.88 bits per heavy atom. The molecule has 2 fully saturated rings. The second-order valence-corrected chi connectivity index (χ2v) is 5.54. The second kappa shape index (κ2) is 4.07. The minimum Gasteiger partial charge on any atom is -0.389 e. The molecule has 17 heavy (non-hydrogen) atoms. The van der Waals surface area contributed by atoms with Crippen molar-refractivity contribution in [3.05, 3.63) is 35.6 Å². The smallest absolute Gasteiger partial charge is 0.126 e. The molecule has 2 nitrogen and oxygen atoms in total. The zero-order valence-electron chi connectivity index (χ0n) is 9.82. The molecule has 92 valence electrons. The first-order valence-corrected chi connectivity index (χ1v) is 6.36. The van der Waals surface area contributed by atoms with Crippen LogP contribution in [0.25, 0.3) is 0 Å². The van der Waals surface area contributed by atoms with Crippen molar-refractivity contribution in [1.82, 2.24) is 5.32 Å². The van der Waals surface area contributed by atoms with Gasteiger partial charge in [0.05, 0.1) is 5.60 Å². The van der Waals surface area contributed by atoms with Gasteiger partial charge >= 0.3 is 0 Å². The Hall–Kier alpha value is -0.930. The lowest BCUT2D eigenvalue weighted by Crippen LogP contribution is -2.49.